The van der Waals surface area contributed by atoms with Gasteiger partial charge in [0.2, 0.25) is 0 Å². The molecule has 2 aromatic heterocycles. The highest BCUT2D eigenvalue weighted by Crippen LogP contribution is 2.41. The van der Waals surface area contributed by atoms with Gasteiger partial charge >= 0.3 is 5.97 Å². The molecule has 0 bridgehead atoms. The van der Waals surface area contributed by atoms with Crippen LogP contribution in [0.3, 0.4) is 0 Å². The molecule has 1 aliphatic rings. The molecule has 1 saturated carbocycles. The number of carboxylic acids is 1. The highest BCUT2D eigenvalue weighted by atomic mass is 32.1. The molecule has 18 heavy (non-hydrogen) atoms. The Kier molecular flexibility index (Phi) is 2.83. The molecule has 1 aliphatic carbocycles. The molecule has 1 fully saturated rings. The normalized spacial score (nSPS) is 21.8. The third kappa shape index (κ3) is 2.26. The number of nitrogens with zero attached hydrogens (tertiary/aromatic N) is 2. The van der Waals surface area contributed by atoms with Crippen molar-refractivity contribution in [1.29, 1.82) is 0 Å². The Morgan fingerprint density at radius 2 is 2.22 bits per heavy atom. The lowest BCUT2D eigenvalue weighted by atomic mass is 10.2. The summed E-state index contributed by atoms with van der Waals surface area (Å²) >= 11 is 1.60. The molecule has 0 radical (unpaired) electrons. The number of carbonyl (C=O) groups is 1. The van der Waals surface area contributed by atoms with Gasteiger partial charge in [-0.1, -0.05) is 0 Å². The molecule has 5 heteroatoms. The maximum absolute atomic E-state index is 10.8. The van der Waals surface area contributed by atoms with Gasteiger partial charge in [0.25, 0.3) is 0 Å². The number of hydrogen-bond donors (Lipinski definition) is 1. The molecular formula is C13H12N2O2S. The SMILES string of the molecule is O=C(O)C1CC1Cc1nc(-c2ccncc2)cs1. The summed E-state index contributed by atoms with van der Waals surface area (Å²) in [4.78, 5) is 19.3. The summed E-state index contributed by atoms with van der Waals surface area (Å²) in [6, 6.07) is 3.85. The zero-order valence-electron chi connectivity index (χ0n) is 9.61. The topological polar surface area (TPSA) is 63.1 Å². The lowest BCUT2D eigenvalue weighted by Crippen LogP contribution is -2.00. The van der Waals surface area contributed by atoms with E-state index >= 15 is 0 Å². The molecule has 0 amide bonds. The van der Waals surface area contributed by atoms with Crippen LogP contribution in [-0.4, -0.2) is 21.0 Å². The minimum Gasteiger partial charge on any atom is -0.481 e. The summed E-state index contributed by atoms with van der Waals surface area (Å²) in [5.74, 6) is -0.553. The van der Waals surface area contributed by atoms with Crippen molar-refractivity contribution in [3.05, 3.63) is 34.9 Å². The van der Waals surface area contributed by atoms with Gasteiger partial charge in [-0.25, -0.2) is 4.98 Å². The van der Waals surface area contributed by atoms with E-state index in [4.69, 9.17) is 5.11 Å². The quantitative estimate of drug-likeness (QED) is 0.917. The van der Waals surface area contributed by atoms with Crippen LogP contribution in [-0.2, 0) is 11.2 Å². The number of pyridine rings is 1. The molecule has 4 nitrogen and oxygen atoms in total. The number of aliphatic carboxylic acids is 1. The molecular weight excluding hydrogens is 248 g/mol. The third-order valence-corrected chi connectivity index (χ3v) is 4.08. The summed E-state index contributed by atoms with van der Waals surface area (Å²) in [7, 11) is 0. The average molecular weight is 260 g/mol. The third-order valence-electron chi connectivity index (χ3n) is 3.20. The van der Waals surface area contributed by atoms with E-state index in [1.54, 1.807) is 23.7 Å². The standard InChI is InChI=1S/C13H12N2O2S/c16-13(17)10-5-9(10)6-12-15-11(7-18-12)8-1-3-14-4-2-8/h1-4,7,9-10H,5-6H2,(H,16,17). The van der Waals surface area contributed by atoms with E-state index in [9.17, 15) is 4.79 Å². The lowest BCUT2D eigenvalue weighted by molar-refractivity contribution is -0.138. The molecule has 0 aliphatic heterocycles. The van der Waals surface area contributed by atoms with Crippen LogP contribution in [0, 0.1) is 11.8 Å². The van der Waals surface area contributed by atoms with E-state index in [-0.39, 0.29) is 11.8 Å². The minimum atomic E-state index is -0.675. The van der Waals surface area contributed by atoms with Crippen LogP contribution >= 0.6 is 11.3 Å². The fourth-order valence-corrected chi connectivity index (χ4v) is 2.96. The first-order valence-electron chi connectivity index (χ1n) is 5.81. The molecule has 0 spiro atoms. The van der Waals surface area contributed by atoms with Crippen molar-refractivity contribution in [3.8, 4) is 11.3 Å². The molecule has 2 atom stereocenters. The molecule has 2 unspecified atom stereocenters. The second kappa shape index (κ2) is 4.49. The van der Waals surface area contributed by atoms with Gasteiger partial charge in [0.05, 0.1) is 16.6 Å². The molecule has 2 aromatic rings. The van der Waals surface area contributed by atoms with Gasteiger partial charge in [0.15, 0.2) is 0 Å². The Morgan fingerprint density at radius 3 is 2.89 bits per heavy atom. The fraction of sp³-hybridized carbons (Fsp3) is 0.308. The molecule has 0 aromatic carbocycles. The predicted molar refractivity (Wildman–Crippen MR) is 68.3 cm³/mol. The van der Waals surface area contributed by atoms with Gasteiger partial charge in [0, 0.05) is 29.8 Å². The highest BCUT2D eigenvalue weighted by Gasteiger charge is 2.43. The Bertz CT molecular complexity index is 567. The average Bonchev–Trinajstić information content (AvgIpc) is 2.99. The van der Waals surface area contributed by atoms with E-state index in [1.165, 1.54) is 0 Å². The minimum absolute atomic E-state index is 0.154. The molecule has 3 rings (SSSR count). The largest absolute Gasteiger partial charge is 0.481 e. The van der Waals surface area contributed by atoms with Crippen molar-refractivity contribution >= 4 is 17.3 Å². The summed E-state index contributed by atoms with van der Waals surface area (Å²) in [6.07, 6.45) is 5.07. The van der Waals surface area contributed by atoms with Crippen LogP contribution in [0.25, 0.3) is 11.3 Å². The van der Waals surface area contributed by atoms with Crippen LogP contribution in [0.2, 0.25) is 0 Å². The number of aromatic nitrogens is 2. The monoisotopic (exact) mass is 260 g/mol. The van der Waals surface area contributed by atoms with Crippen LogP contribution in [0.1, 0.15) is 11.4 Å². The van der Waals surface area contributed by atoms with Crippen LogP contribution in [0.5, 0.6) is 0 Å². The first kappa shape index (κ1) is 11.3. The van der Waals surface area contributed by atoms with E-state index < -0.39 is 5.97 Å². The van der Waals surface area contributed by atoms with Gasteiger partial charge in [-0.2, -0.15) is 0 Å². The fourth-order valence-electron chi connectivity index (χ4n) is 2.06. The summed E-state index contributed by atoms with van der Waals surface area (Å²) in [5.41, 5.74) is 2.00. The Labute approximate surface area is 108 Å². The van der Waals surface area contributed by atoms with Gasteiger partial charge in [-0.15, -0.1) is 11.3 Å². The van der Waals surface area contributed by atoms with Crippen molar-refractivity contribution in [2.75, 3.05) is 0 Å². The molecule has 0 saturated heterocycles. The Balaban J connectivity index is 1.70. The first-order valence-corrected chi connectivity index (χ1v) is 6.69. The van der Waals surface area contributed by atoms with Crippen LogP contribution in [0.15, 0.2) is 29.9 Å². The van der Waals surface area contributed by atoms with E-state index in [1.807, 2.05) is 17.5 Å². The zero-order chi connectivity index (χ0) is 12.5. The van der Waals surface area contributed by atoms with Crippen LogP contribution in [0.4, 0.5) is 0 Å². The van der Waals surface area contributed by atoms with Gasteiger partial charge in [0.1, 0.15) is 0 Å². The van der Waals surface area contributed by atoms with Crippen molar-refractivity contribution in [2.45, 2.75) is 12.8 Å². The number of thiazole rings is 1. The summed E-state index contributed by atoms with van der Waals surface area (Å²) in [6.45, 7) is 0. The number of rotatable bonds is 4. The summed E-state index contributed by atoms with van der Waals surface area (Å²) in [5, 5.41) is 11.9. The van der Waals surface area contributed by atoms with E-state index in [0.717, 1.165) is 29.1 Å². The summed E-state index contributed by atoms with van der Waals surface area (Å²) < 4.78 is 0. The maximum atomic E-state index is 10.8. The van der Waals surface area contributed by atoms with Crippen molar-refractivity contribution in [1.82, 2.24) is 9.97 Å². The number of carboxylic acid groups (broad SMARTS) is 1. The smallest absolute Gasteiger partial charge is 0.306 e. The van der Waals surface area contributed by atoms with Crippen molar-refractivity contribution < 1.29 is 9.90 Å². The maximum Gasteiger partial charge on any atom is 0.306 e. The van der Waals surface area contributed by atoms with E-state index in [0.29, 0.717) is 0 Å². The second-order valence-electron chi connectivity index (χ2n) is 4.51. The Hall–Kier alpha value is -1.75. The van der Waals surface area contributed by atoms with E-state index in [2.05, 4.69) is 9.97 Å². The van der Waals surface area contributed by atoms with Crippen molar-refractivity contribution in [2.24, 2.45) is 11.8 Å². The lowest BCUT2D eigenvalue weighted by Gasteiger charge is -1.95. The van der Waals surface area contributed by atoms with Gasteiger partial charge in [-0.3, -0.25) is 9.78 Å². The molecule has 1 N–H and O–H groups in total. The van der Waals surface area contributed by atoms with Gasteiger partial charge < -0.3 is 5.11 Å². The highest BCUT2D eigenvalue weighted by molar-refractivity contribution is 7.09. The molecule has 92 valence electrons. The predicted octanol–water partition coefficient (Wildman–Crippen LogP) is 2.47. The van der Waals surface area contributed by atoms with Crippen molar-refractivity contribution in [3.63, 3.8) is 0 Å². The first-order chi connectivity index (χ1) is 8.74. The van der Waals surface area contributed by atoms with Gasteiger partial charge in [-0.05, 0) is 24.5 Å². The Morgan fingerprint density at radius 1 is 1.44 bits per heavy atom. The molecule has 2 heterocycles. The number of hydrogen-bond acceptors (Lipinski definition) is 4. The zero-order valence-corrected chi connectivity index (χ0v) is 10.4. The second-order valence-corrected chi connectivity index (χ2v) is 5.45. The van der Waals surface area contributed by atoms with Crippen LogP contribution < -0.4 is 0 Å².